The smallest absolute Gasteiger partial charge is 0.206 e. The van der Waals surface area contributed by atoms with Gasteiger partial charge in [0.15, 0.2) is 0 Å². The largest absolute Gasteiger partial charge is 0.508 e. The first-order valence-corrected chi connectivity index (χ1v) is 7.31. The number of aromatic hydroxyl groups is 2. The van der Waals surface area contributed by atoms with Gasteiger partial charge in [-0.25, -0.2) is 8.42 Å². The van der Waals surface area contributed by atoms with Gasteiger partial charge in [0, 0.05) is 0 Å². The summed E-state index contributed by atoms with van der Waals surface area (Å²) in [5.41, 5.74) is 0. The van der Waals surface area contributed by atoms with Gasteiger partial charge in [0.25, 0.3) is 0 Å². The molecule has 0 aliphatic carbocycles. The van der Waals surface area contributed by atoms with Crippen LogP contribution in [0.3, 0.4) is 0 Å². The van der Waals surface area contributed by atoms with Crippen molar-refractivity contribution in [3.05, 3.63) is 48.5 Å². The van der Waals surface area contributed by atoms with E-state index in [0.29, 0.717) is 0 Å². The van der Waals surface area contributed by atoms with E-state index < -0.39 is 9.84 Å². The molecular formula is C14H16O4S. The fourth-order valence-corrected chi connectivity index (χ4v) is 2.65. The standard InChI is InChI=1S/C12H10O4S.C2H6/c13-9-1-5-11(6-2-9)17(15,16)12-7-3-10(14)4-8-12;1-2/h1-8,13-14H;1-2H3. The van der Waals surface area contributed by atoms with Crippen LogP contribution in [0.15, 0.2) is 58.3 Å². The summed E-state index contributed by atoms with van der Waals surface area (Å²) in [6.45, 7) is 4.00. The molecule has 0 atom stereocenters. The van der Waals surface area contributed by atoms with E-state index in [9.17, 15) is 8.42 Å². The number of hydrogen-bond acceptors (Lipinski definition) is 4. The summed E-state index contributed by atoms with van der Waals surface area (Å²) in [4.78, 5) is 0.196. The molecule has 5 heteroatoms. The van der Waals surface area contributed by atoms with Gasteiger partial charge in [-0.15, -0.1) is 0 Å². The molecule has 0 amide bonds. The van der Waals surface area contributed by atoms with Gasteiger partial charge >= 0.3 is 0 Å². The monoisotopic (exact) mass is 280 g/mol. The third-order valence-electron chi connectivity index (χ3n) is 2.29. The molecule has 0 saturated heterocycles. The fourth-order valence-electron chi connectivity index (χ4n) is 1.39. The van der Waals surface area contributed by atoms with Crippen LogP contribution in [-0.4, -0.2) is 18.6 Å². The summed E-state index contributed by atoms with van der Waals surface area (Å²) in [5.74, 6) is 0.0179. The highest BCUT2D eigenvalue weighted by atomic mass is 32.2. The van der Waals surface area contributed by atoms with Gasteiger partial charge in [-0.05, 0) is 48.5 Å². The zero-order valence-corrected chi connectivity index (χ0v) is 11.6. The van der Waals surface area contributed by atoms with E-state index in [1.165, 1.54) is 48.5 Å². The Morgan fingerprint density at radius 1 is 0.684 bits per heavy atom. The second-order valence-electron chi connectivity index (χ2n) is 3.49. The molecule has 2 aromatic carbocycles. The van der Waals surface area contributed by atoms with E-state index in [-0.39, 0.29) is 21.3 Å². The third-order valence-corrected chi connectivity index (χ3v) is 4.08. The minimum atomic E-state index is -3.59. The third kappa shape index (κ3) is 3.48. The average molecular weight is 280 g/mol. The zero-order valence-electron chi connectivity index (χ0n) is 10.7. The highest BCUT2D eigenvalue weighted by molar-refractivity contribution is 7.91. The second kappa shape index (κ2) is 6.24. The minimum absolute atomic E-state index is 0.00894. The van der Waals surface area contributed by atoms with Crippen LogP contribution in [0.25, 0.3) is 0 Å². The molecule has 2 rings (SSSR count). The maximum Gasteiger partial charge on any atom is 0.206 e. The molecule has 2 N–H and O–H groups in total. The predicted molar refractivity (Wildman–Crippen MR) is 73.0 cm³/mol. The summed E-state index contributed by atoms with van der Waals surface area (Å²) in [6.07, 6.45) is 0. The van der Waals surface area contributed by atoms with Crippen LogP contribution in [0, 0.1) is 0 Å². The van der Waals surface area contributed by atoms with Crippen molar-refractivity contribution in [2.24, 2.45) is 0 Å². The molecule has 0 fully saturated rings. The van der Waals surface area contributed by atoms with Gasteiger partial charge in [-0.3, -0.25) is 0 Å². The Labute approximate surface area is 112 Å². The molecule has 0 saturated carbocycles. The number of rotatable bonds is 2. The van der Waals surface area contributed by atoms with Gasteiger partial charge in [0.2, 0.25) is 9.84 Å². The molecule has 0 radical (unpaired) electrons. The molecule has 0 bridgehead atoms. The molecule has 0 aliphatic heterocycles. The van der Waals surface area contributed by atoms with Crippen LogP contribution in [-0.2, 0) is 9.84 Å². The average Bonchev–Trinajstić information content (AvgIpc) is 2.42. The lowest BCUT2D eigenvalue weighted by Crippen LogP contribution is -2.01. The molecule has 0 spiro atoms. The van der Waals surface area contributed by atoms with Crippen LogP contribution in [0.5, 0.6) is 11.5 Å². The van der Waals surface area contributed by atoms with Crippen molar-refractivity contribution in [2.45, 2.75) is 23.6 Å². The molecule has 4 nitrogen and oxygen atoms in total. The first-order valence-electron chi connectivity index (χ1n) is 5.83. The van der Waals surface area contributed by atoms with Crippen LogP contribution < -0.4 is 0 Å². The van der Waals surface area contributed by atoms with E-state index in [1.807, 2.05) is 13.8 Å². The molecular weight excluding hydrogens is 264 g/mol. The van der Waals surface area contributed by atoms with Crippen molar-refractivity contribution in [1.82, 2.24) is 0 Å². The number of hydrogen-bond donors (Lipinski definition) is 2. The maximum atomic E-state index is 12.1. The van der Waals surface area contributed by atoms with Crippen LogP contribution in [0.4, 0.5) is 0 Å². The van der Waals surface area contributed by atoms with E-state index >= 15 is 0 Å². The van der Waals surface area contributed by atoms with Crippen LogP contribution in [0.1, 0.15) is 13.8 Å². The van der Waals surface area contributed by atoms with Gasteiger partial charge in [-0.2, -0.15) is 0 Å². The van der Waals surface area contributed by atoms with Crippen molar-refractivity contribution in [3.8, 4) is 11.5 Å². The number of phenolic OH excluding ortho intramolecular Hbond substituents is 2. The first kappa shape index (κ1) is 15.0. The Morgan fingerprint density at radius 2 is 0.947 bits per heavy atom. The van der Waals surface area contributed by atoms with Gasteiger partial charge in [0.05, 0.1) is 9.79 Å². The zero-order chi connectivity index (χ0) is 14.5. The highest BCUT2D eigenvalue weighted by Crippen LogP contribution is 2.23. The molecule has 0 aromatic heterocycles. The Bertz CT molecular complexity index is 562. The lowest BCUT2D eigenvalue weighted by molar-refractivity contribution is 0.474. The summed E-state index contributed by atoms with van der Waals surface area (Å²) < 4.78 is 24.2. The number of benzene rings is 2. The Kier molecular flexibility index (Phi) is 4.94. The van der Waals surface area contributed by atoms with Crippen molar-refractivity contribution >= 4 is 9.84 Å². The lowest BCUT2D eigenvalue weighted by Gasteiger charge is -2.04. The van der Waals surface area contributed by atoms with Crippen molar-refractivity contribution < 1.29 is 18.6 Å². The summed E-state index contributed by atoms with van der Waals surface area (Å²) in [6, 6.07) is 10.6. The summed E-state index contributed by atoms with van der Waals surface area (Å²) in [7, 11) is -3.59. The van der Waals surface area contributed by atoms with Crippen molar-refractivity contribution in [3.63, 3.8) is 0 Å². The van der Waals surface area contributed by atoms with E-state index in [1.54, 1.807) is 0 Å². The van der Waals surface area contributed by atoms with Gasteiger partial charge in [-0.1, -0.05) is 13.8 Å². The minimum Gasteiger partial charge on any atom is -0.508 e. The molecule has 0 unspecified atom stereocenters. The van der Waals surface area contributed by atoms with Crippen molar-refractivity contribution in [2.75, 3.05) is 0 Å². The molecule has 0 aliphatic rings. The quantitative estimate of drug-likeness (QED) is 0.887. The maximum absolute atomic E-state index is 12.1. The number of sulfone groups is 1. The SMILES string of the molecule is CC.O=S(=O)(c1ccc(O)cc1)c1ccc(O)cc1. The fraction of sp³-hybridized carbons (Fsp3) is 0.143. The predicted octanol–water partition coefficient (Wildman–Crippen LogP) is 2.96. The topological polar surface area (TPSA) is 74.6 Å². The number of phenols is 2. The normalized spacial score (nSPS) is 10.4. The Morgan fingerprint density at radius 3 is 1.21 bits per heavy atom. The lowest BCUT2D eigenvalue weighted by atomic mass is 10.3. The molecule has 19 heavy (non-hydrogen) atoms. The molecule has 0 heterocycles. The first-order chi connectivity index (χ1) is 9.00. The van der Waals surface area contributed by atoms with Crippen LogP contribution in [0.2, 0.25) is 0 Å². The van der Waals surface area contributed by atoms with Crippen LogP contribution >= 0.6 is 0 Å². The Hall–Kier alpha value is -2.01. The highest BCUT2D eigenvalue weighted by Gasteiger charge is 2.17. The Balaban J connectivity index is 0.000000861. The van der Waals surface area contributed by atoms with E-state index in [2.05, 4.69) is 0 Å². The molecule has 2 aromatic rings. The van der Waals surface area contributed by atoms with E-state index in [0.717, 1.165) is 0 Å². The summed E-state index contributed by atoms with van der Waals surface area (Å²) in [5, 5.41) is 18.2. The van der Waals surface area contributed by atoms with Gasteiger partial charge in [0.1, 0.15) is 11.5 Å². The summed E-state index contributed by atoms with van der Waals surface area (Å²) >= 11 is 0. The molecule has 102 valence electrons. The van der Waals surface area contributed by atoms with Gasteiger partial charge < -0.3 is 10.2 Å². The van der Waals surface area contributed by atoms with Crippen molar-refractivity contribution in [1.29, 1.82) is 0 Å². The second-order valence-corrected chi connectivity index (χ2v) is 5.44. The van der Waals surface area contributed by atoms with E-state index in [4.69, 9.17) is 10.2 Å².